The Labute approximate surface area is 94.3 Å². The van der Waals surface area contributed by atoms with E-state index in [9.17, 15) is 0 Å². The van der Waals surface area contributed by atoms with Gasteiger partial charge in [0.05, 0.1) is 13.2 Å². The standard InChI is InChI=1S/C5H12O5.Ca/c6-1-3(8)5(10)4(9)2-7;/h3-10H,1-2H2;/t3-,4+,5+;. The first-order chi connectivity index (χ1) is 4.63. The number of hydrogen-bond acceptors (Lipinski definition) is 5. The first-order valence-corrected chi connectivity index (χ1v) is 2.89. The summed E-state index contributed by atoms with van der Waals surface area (Å²) in [6.45, 7) is -1.28. The zero-order chi connectivity index (χ0) is 8.15. The quantitative estimate of drug-likeness (QED) is 0.300. The third kappa shape index (κ3) is 5.32. The molecule has 0 aliphatic heterocycles. The van der Waals surface area contributed by atoms with Crippen molar-refractivity contribution in [3.63, 3.8) is 0 Å². The van der Waals surface area contributed by atoms with Crippen LogP contribution in [0, 0.1) is 0 Å². The van der Waals surface area contributed by atoms with Crippen LogP contribution in [0.2, 0.25) is 0 Å². The van der Waals surface area contributed by atoms with E-state index >= 15 is 0 Å². The van der Waals surface area contributed by atoms with Crippen LogP contribution >= 0.6 is 0 Å². The van der Waals surface area contributed by atoms with E-state index in [1.807, 2.05) is 0 Å². The Kier molecular flexibility index (Phi) is 10.2. The topological polar surface area (TPSA) is 101 Å². The molecule has 0 saturated carbocycles. The molecule has 0 aromatic carbocycles. The third-order valence-electron chi connectivity index (χ3n) is 1.16. The van der Waals surface area contributed by atoms with Gasteiger partial charge in [-0.15, -0.1) is 0 Å². The Balaban J connectivity index is 0. The molecule has 0 heterocycles. The monoisotopic (exact) mass is 192 g/mol. The van der Waals surface area contributed by atoms with Crippen molar-refractivity contribution in [1.82, 2.24) is 0 Å². The van der Waals surface area contributed by atoms with Crippen molar-refractivity contribution in [1.29, 1.82) is 0 Å². The van der Waals surface area contributed by atoms with Crippen molar-refractivity contribution in [2.75, 3.05) is 13.2 Å². The van der Waals surface area contributed by atoms with Crippen molar-refractivity contribution < 1.29 is 25.5 Å². The molecule has 0 aliphatic carbocycles. The summed E-state index contributed by atoms with van der Waals surface area (Å²) < 4.78 is 0. The first-order valence-electron chi connectivity index (χ1n) is 2.89. The minimum Gasteiger partial charge on any atom is -0.394 e. The van der Waals surface area contributed by atoms with Crippen molar-refractivity contribution in [2.24, 2.45) is 0 Å². The fraction of sp³-hybridized carbons (Fsp3) is 1.00. The van der Waals surface area contributed by atoms with Gasteiger partial charge in [-0.2, -0.15) is 0 Å². The maximum atomic E-state index is 8.77. The van der Waals surface area contributed by atoms with E-state index in [2.05, 4.69) is 0 Å². The molecule has 0 aromatic rings. The summed E-state index contributed by atoms with van der Waals surface area (Å²) in [6, 6.07) is 0. The Morgan fingerprint density at radius 1 is 0.818 bits per heavy atom. The van der Waals surface area contributed by atoms with Gasteiger partial charge in [-0.05, 0) is 0 Å². The van der Waals surface area contributed by atoms with Gasteiger partial charge in [-0.1, -0.05) is 0 Å². The van der Waals surface area contributed by atoms with E-state index in [0.717, 1.165) is 0 Å². The van der Waals surface area contributed by atoms with E-state index in [4.69, 9.17) is 25.5 Å². The molecule has 0 saturated heterocycles. The molecule has 6 heteroatoms. The van der Waals surface area contributed by atoms with Gasteiger partial charge in [0.1, 0.15) is 18.3 Å². The second-order valence-electron chi connectivity index (χ2n) is 1.99. The van der Waals surface area contributed by atoms with Crippen LogP contribution in [0.25, 0.3) is 0 Å². The summed E-state index contributed by atoms with van der Waals surface area (Å²) in [5.41, 5.74) is 0. The Bertz CT molecular complexity index is 80.9. The minimum atomic E-state index is -1.49. The molecule has 0 aliphatic rings. The first kappa shape index (κ1) is 14.6. The van der Waals surface area contributed by atoms with E-state index in [1.165, 1.54) is 0 Å². The maximum absolute atomic E-state index is 8.77. The summed E-state index contributed by atoms with van der Waals surface area (Å²) in [4.78, 5) is 0. The van der Waals surface area contributed by atoms with Crippen molar-refractivity contribution in [3.8, 4) is 0 Å². The zero-order valence-electron chi connectivity index (χ0n) is 6.09. The largest absolute Gasteiger partial charge is 0.394 e. The fourth-order valence-corrected chi connectivity index (χ4v) is 0.472. The predicted molar refractivity (Wildman–Crippen MR) is 37.9 cm³/mol. The molecule has 0 aromatic heterocycles. The van der Waals surface area contributed by atoms with Crippen LogP contribution in [0.1, 0.15) is 0 Å². The normalized spacial score (nSPS) is 18.3. The van der Waals surface area contributed by atoms with Crippen molar-refractivity contribution >= 4 is 37.7 Å². The summed E-state index contributed by atoms with van der Waals surface area (Å²) in [5, 5.41) is 42.6. The molecule has 5 N–H and O–H groups in total. The second kappa shape index (κ2) is 7.70. The fourth-order valence-electron chi connectivity index (χ4n) is 0.472. The van der Waals surface area contributed by atoms with Crippen LogP contribution < -0.4 is 0 Å². The molecule has 0 spiro atoms. The van der Waals surface area contributed by atoms with Crippen LogP contribution in [-0.2, 0) is 0 Å². The van der Waals surface area contributed by atoms with E-state index in [1.54, 1.807) is 0 Å². The smallest absolute Gasteiger partial charge is 0.110 e. The van der Waals surface area contributed by atoms with E-state index in [-0.39, 0.29) is 37.7 Å². The average Bonchev–Trinajstić information content (AvgIpc) is 2.00. The van der Waals surface area contributed by atoms with E-state index in [0.29, 0.717) is 0 Å². The van der Waals surface area contributed by atoms with Gasteiger partial charge in [0.15, 0.2) is 0 Å². The van der Waals surface area contributed by atoms with Gasteiger partial charge in [0.25, 0.3) is 0 Å². The molecule has 0 unspecified atom stereocenters. The number of rotatable bonds is 4. The molecule has 11 heavy (non-hydrogen) atoms. The molecule has 0 bridgehead atoms. The van der Waals surface area contributed by atoms with Gasteiger partial charge in [-0.3, -0.25) is 0 Å². The third-order valence-corrected chi connectivity index (χ3v) is 1.16. The number of aliphatic hydroxyl groups excluding tert-OH is 5. The minimum absolute atomic E-state index is 0. The summed E-state index contributed by atoms with van der Waals surface area (Å²) in [5.74, 6) is 0. The van der Waals surface area contributed by atoms with Crippen molar-refractivity contribution in [3.05, 3.63) is 0 Å². The predicted octanol–water partition coefficient (Wildman–Crippen LogP) is -3.33. The molecule has 64 valence electrons. The van der Waals surface area contributed by atoms with Crippen LogP contribution in [0.3, 0.4) is 0 Å². The Morgan fingerprint density at radius 3 is 1.27 bits per heavy atom. The summed E-state index contributed by atoms with van der Waals surface area (Å²) in [7, 11) is 0. The van der Waals surface area contributed by atoms with Gasteiger partial charge in [-0.25, -0.2) is 0 Å². The van der Waals surface area contributed by atoms with Crippen LogP contribution in [-0.4, -0.2) is 94.8 Å². The zero-order valence-corrected chi connectivity index (χ0v) is 8.30. The van der Waals surface area contributed by atoms with E-state index < -0.39 is 31.5 Å². The molecule has 0 fully saturated rings. The SMILES string of the molecule is OC[C@@H](O)[C@H](O)[C@@H](O)CO.[Ca]. The molecule has 5 nitrogen and oxygen atoms in total. The average molecular weight is 192 g/mol. The van der Waals surface area contributed by atoms with Gasteiger partial charge in [0.2, 0.25) is 0 Å². The molecular formula is C5H12CaO5. The van der Waals surface area contributed by atoms with Crippen LogP contribution in [0.5, 0.6) is 0 Å². The molecule has 2 radical (unpaired) electrons. The van der Waals surface area contributed by atoms with Crippen LogP contribution in [0.15, 0.2) is 0 Å². The molecular weight excluding hydrogens is 180 g/mol. The maximum Gasteiger partial charge on any atom is 0.110 e. The number of aliphatic hydroxyl groups is 5. The molecule has 0 rings (SSSR count). The van der Waals surface area contributed by atoms with Crippen LogP contribution in [0.4, 0.5) is 0 Å². The Morgan fingerprint density at radius 2 is 1.09 bits per heavy atom. The number of hydrogen-bond donors (Lipinski definition) is 5. The van der Waals surface area contributed by atoms with Gasteiger partial charge >= 0.3 is 0 Å². The second-order valence-corrected chi connectivity index (χ2v) is 1.99. The van der Waals surface area contributed by atoms with Crippen molar-refractivity contribution in [2.45, 2.75) is 18.3 Å². The summed E-state index contributed by atoms with van der Waals surface area (Å²) >= 11 is 0. The van der Waals surface area contributed by atoms with Gasteiger partial charge in [0, 0.05) is 37.7 Å². The Hall–Kier alpha value is 1.06. The van der Waals surface area contributed by atoms with Gasteiger partial charge < -0.3 is 25.5 Å². The molecule has 0 amide bonds. The molecule has 3 atom stereocenters. The summed E-state index contributed by atoms with van der Waals surface area (Å²) in [6.07, 6.45) is -4.29.